The fourth-order valence-electron chi connectivity index (χ4n) is 3.97. The summed E-state index contributed by atoms with van der Waals surface area (Å²) >= 11 is 0. The molecular formula is C27H32N2O4. The second-order valence-electron chi connectivity index (χ2n) is 8.36. The van der Waals surface area contributed by atoms with E-state index in [0.717, 1.165) is 55.3 Å². The molecule has 0 aliphatic heterocycles. The lowest BCUT2D eigenvalue weighted by Gasteiger charge is -2.10. The summed E-state index contributed by atoms with van der Waals surface area (Å²) < 4.78 is 2.97. The summed E-state index contributed by atoms with van der Waals surface area (Å²) in [5, 5.41) is 9.46. The Morgan fingerprint density at radius 1 is 0.909 bits per heavy atom. The van der Waals surface area contributed by atoms with E-state index >= 15 is 0 Å². The average molecular weight is 449 g/mol. The molecule has 0 saturated heterocycles. The maximum Gasteiger partial charge on any atom is 0.336 e. The molecule has 0 spiro atoms. The second-order valence-corrected chi connectivity index (χ2v) is 8.36. The highest BCUT2D eigenvalue weighted by Gasteiger charge is 2.17. The summed E-state index contributed by atoms with van der Waals surface area (Å²) in [7, 11) is 0. The normalized spacial score (nSPS) is 11.0. The van der Waals surface area contributed by atoms with Crippen molar-refractivity contribution >= 4 is 11.9 Å². The Hall–Kier alpha value is -3.41. The average Bonchev–Trinajstić information content (AvgIpc) is 3.13. The molecule has 0 saturated carbocycles. The van der Waals surface area contributed by atoms with Gasteiger partial charge in [0.2, 0.25) is 5.91 Å². The van der Waals surface area contributed by atoms with Crippen molar-refractivity contribution in [1.29, 1.82) is 0 Å². The SMILES string of the molecule is CCCCCc1cn(C(=O)CCCC)c(=O)n1Cc1ccc(-c2ccccc2C(=O)O)cc1. The Kier molecular flexibility index (Phi) is 8.41. The van der Waals surface area contributed by atoms with Gasteiger partial charge in [0.1, 0.15) is 0 Å². The highest BCUT2D eigenvalue weighted by atomic mass is 16.4. The molecule has 174 valence electrons. The number of carboxylic acids is 1. The molecular weight excluding hydrogens is 416 g/mol. The Bertz CT molecular complexity index is 1160. The Morgan fingerprint density at radius 2 is 1.61 bits per heavy atom. The van der Waals surface area contributed by atoms with Crippen molar-refractivity contribution in [3.8, 4) is 11.1 Å². The predicted octanol–water partition coefficient (Wildman–Crippen LogP) is 5.63. The number of aromatic nitrogens is 2. The van der Waals surface area contributed by atoms with Crippen LogP contribution in [0.1, 0.15) is 78.8 Å². The number of benzene rings is 2. The fourth-order valence-corrected chi connectivity index (χ4v) is 3.97. The second kappa shape index (κ2) is 11.5. The minimum Gasteiger partial charge on any atom is -0.478 e. The molecule has 0 fully saturated rings. The number of nitrogens with zero attached hydrogens (tertiary/aromatic N) is 2. The summed E-state index contributed by atoms with van der Waals surface area (Å²) in [6.07, 6.45) is 7.62. The summed E-state index contributed by atoms with van der Waals surface area (Å²) in [6, 6.07) is 14.5. The molecule has 0 unspecified atom stereocenters. The number of carbonyl (C=O) groups is 2. The van der Waals surface area contributed by atoms with E-state index in [1.54, 1.807) is 29.0 Å². The molecule has 0 aliphatic carbocycles. The molecule has 1 heterocycles. The first-order valence-corrected chi connectivity index (χ1v) is 11.7. The zero-order valence-electron chi connectivity index (χ0n) is 19.4. The lowest BCUT2D eigenvalue weighted by molar-refractivity contribution is 0.0697. The lowest BCUT2D eigenvalue weighted by atomic mass is 9.99. The van der Waals surface area contributed by atoms with Crippen molar-refractivity contribution in [3.63, 3.8) is 0 Å². The molecule has 1 N–H and O–H groups in total. The van der Waals surface area contributed by atoms with Crippen molar-refractivity contribution in [3.05, 3.63) is 82.0 Å². The van der Waals surface area contributed by atoms with Gasteiger partial charge in [0.05, 0.1) is 12.1 Å². The first-order valence-electron chi connectivity index (χ1n) is 11.7. The smallest absolute Gasteiger partial charge is 0.336 e. The summed E-state index contributed by atoms with van der Waals surface area (Å²) in [6.45, 7) is 4.53. The van der Waals surface area contributed by atoms with Gasteiger partial charge in [-0.15, -0.1) is 0 Å². The van der Waals surface area contributed by atoms with E-state index in [1.807, 2.05) is 37.3 Å². The van der Waals surface area contributed by atoms with Gasteiger partial charge in [0.15, 0.2) is 0 Å². The van der Waals surface area contributed by atoms with Gasteiger partial charge in [-0.1, -0.05) is 75.6 Å². The van der Waals surface area contributed by atoms with Crippen LogP contribution in [0.2, 0.25) is 0 Å². The highest BCUT2D eigenvalue weighted by Crippen LogP contribution is 2.24. The van der Waals surface area contributed by atoms with Crippen LogP contribution in [0.4, 0.5) is 0 Å². The van der Waals surface area contributed by atoms with Gasteiger partial charge < -0.3 is 5.11 Å². The zero-order valence-corrected chi connectivity index (χ0v) is 19.4. The van der Waals surface area contributed by atoms with E-state index in [-0.39, 0.29) is 17.2 Å². The van der Waals surface area contributed by atoms with Crippen LogP contribution >= 0.6 is 0 Å². The van der Waals surface area contributed by atoms with Crippen LogP contribution in [0, 0.1) is 0 Å². The molecule has 33 heavy (non-hydrogen) atoms. The number of carboxylic acid groups (broad SMARTS) is 1. The van der Waals surface area contributed by atoms with Gasteiger partial charge in [0.25, 0.3) is 0 Å². The van der Waals surface area contributed by atoms with E-state index in [1.165, 1.54) is 4.57 Å². The number of aryl methyl sites for hydroxylation is 1. The summed E-state index contributed by atoms with van der Waals surface area (Å²) in [4.78, 5) is 37.2. The Morgan fingerprint density at radius 3 is 2.27 bits per heavy atom. The van der Waals surface area contributed by atoms with E-state index in [4.69, 9.17) is 0 Å². The predicted molar refractivity (Wildman–Crippen MR) is 130 cm³/mol. The van der Waals surface area contributed by atoms with Crippen LogP contribution in [0.3, 0.4) is 0 Å². The summed E-state index contributed by atoms with van der Waals surface area (Å²) in [5.41, 5.74) is 3.22. The number of aromatic carboxylic acids is 1. The number of carbonyl (C=O) groups excluding carboxylic acids is 1. The monoisotopic (exact) mass is 448 g/mol. The molecule has 3 aromatic rings. The van der Waals surface area contributed by atoms with Gasteiger partial charge >= 0.3 is 11.7 Å². The molecule has 6 nitrogen and oxygen atoms in total. The Balaban J connectivity index is 1.88. The van der Waals surface area contributed by atoms with Gasteiger partial charge in [-0.25, -0.2) is 14.2 Å². The topological polar surface area (TPSA) is 81.3 Å². The third-order valence-electron chi connectivity index (χ3n) is 5.87. The quantitative estimate of drug-likeness (QED) is 0.386. The van der Waals surface area contributed by atoms with Crippen molar-refractivity contribution in [1.82, 2.24) is 9.13 Å². The number of imidazole rings is 1. The van der Waals surface area contributed by atoms with Crippen LogP contribution in [-0.2, 0) is 13.0 Å². The molecule has 6 heteroatoms. The van der Waals surface area contributed by atoms with Crippen LogP contribution in [0.5, 0.6) is 0 Å². The molecule has 0 aliphatic rings. The number of rotatable bonds is 11. The molecule has 2 aromatic carbocycles. The van der Waals surface area contributed by atoms with Crippen LogP contribution < -0.4 is 5.69 Å². The van der Waals surface area contributed by atoms with Crippen LogP contribution in [-0.4, -0.2) is 26.1 Å². The first-order chi connectivity index (χ1) is 16.0. The molecule has 1 aromatic heterocycles. The van der Waals surface area contributed by atoms with E-state index < -0.39 is 5.97 Å². The lowest BCUT2D eigenvalue weighted by Crippen LogP contribution is -2.29. The Labute approximate surface area is 194 Å². The standard InChI is InChI=1S/C27H32N2O4/c1-3-5-7-10-22-19-29(25(30)13-6-4-2)27(33)28(22)18-20-14-16-21(17-15-20)23-11-8-9-12-24(23)26(31)32/h8-9,11-12,14-17,19H,3-7,10,13,18H2,1-2H3,(H,31,32). The summed E-state index contributed by atoms with van der Waals surface area (Å²) in [5.74, 6) is -1.12. The molecule has 0 radical (unpaired) electrons. The van der Waals surface area contributed by atoms with Crippen LogP contribution in [0.15, 0.2) is 59.5 Å². The molecule has 0 amide bonds. The fraction of sp³-hybridized carbons (Fsp3) is 0.370. The number of unbranched alkanes of at least 4 members (excludes halogenated alkanes) is 3. The third-order valence-corrected chi connectivity index (χ3v) is 5.87. The minimum absolute atomic E-state index is 0.155. The van der Waals surface area contributed by atoms with Crippen molar-refractivity contribution < 1.29 is 14.7 Å². The van der Waals surface area contributed by atoms with Gasteiger partial charge in [-0.2, -0.15) is 0 Å². The zero-order chi connectivity index (χ0) is 23.8. The number of hydrogen-bond acceptors (Lipinski definition) is 3. The van der Waals surface area contributed by atoms with Crippen LogP contribution in [0.25, 0.3) is 11.1 Å². The maximum atomic E-state index is 13.1. The van der Waals surface area contributed by atoms with Gasteiger partial charge in [-0.05, 0) is 42.0 Å². The number of hydrogen-bond donors (Lipinski definition) is 1. The minimum atomic E-state index is -0.966. The van der Waals surface area contributed by atoms with Gasteiger partial charge in [-0.3, -0.25) is 9.36 Å². The van der Waals surface area contributed by atoms with E-state index in [2.05, 4.69) is 6.92 Å². The van der Waals surface area contributed by atoms with Crippen molar-refractivity contribution in [2.24, 2.45) is 0 Å². The largest absolute Gasteiger partial charge is 0.478 e. The van der Waals surface area contributed by atoms with Crippen molar-refractivity contribution in [2.75, 3.05) is 0 Å². The van der Waals surface area contributed by atoms with E-state index in [9.17, 15) is 19.5 Å². The highest BCUT2D eigenvalue weighted by molar-refractivity contribution is 5.96. The third kappa shape index (κ3) is 5.89. The first kappa shape index (κ1) is 24.2. The molecule has 0 atom stereocenters. The van der Waals surface area contributed by atoms with Crippen molar-refractivity contribution in [2.45, 2.75) is 65.3 Å². The maximum absolute atomic E-state index is 13.1. The molecule has 0 bridgehead atoms. The molecule has 3 rings (SSSR count). The van der Waals surface area contributed by atoms with E-state index in [0.29, 0.717) is 18.5 Å². The van der Waals surface area contributed by atoms with Gasteiger partial charge in [0, 0.05) is 18.3 Å².